The molecular formula is C14H25N5O. The highest BCUT2D eigenvalue weighted by Crippen LogP contribution is 2.15. The van der Waals surface area contributed by atoms with Gasteiger partial charge in [0, 0.05) is 52.2 Å². The van der Waals surface area contributed by atoms with E-state index in [1.165, 1.54) is 0 Å². The van der Waals surface area contributed by atoms with E-state index < -0.39 is 0 Å². The zero-order valence-corrected chi connectivity index (χ0v) is 12.8. The Morgan fingerprint density at radius 3 is 2.80 bits per heavy atom. The Kier molecular flexibility index (Phi) is 4.77. The van der Waals surface area contributed by atoms with E-state index in [0.29, 0.717) is 12.6 Å². The van der Waals surface area contributed by atoms with Crippen LogP contribution in [0, 0.1) is 0 Å². The molecule has 2 heterocycles. The van der Waals surface area contributed by atoms with Gasteiger partial charge in [0.2, 0.25) is 5.91 Å². The first-order chi connectivity index (χ1) is 9.52. The summed E-state index contributed by atoms with van der Waals surface area (Å²) in [5.41, 5.74) is 0. The molecule has 1 unspecified atom stereocenters. The van der Waals surface area contributed by atoms with Gasteiger partial charge >= 0.3 is 0 Å². The van der Waals surface area contributed by atoms with E-state index in [1.807, 2.05) is 17.8 Å². The van der Waals surface area contributed by atoms with Crippen LogP contribution in [0.3, 0.4) is 0 Å². The second kappa shape index (κ2) is 6.37. The molecule has 20 heavy (non-hydrogen) atoms. The summed E-state index contributed by atoms with van der Waals surface area (Å²) in [5.74, 6) is 1.08. The van der Waals surface area contributed by atoms with Crippen LogP contribution < -0.4 is 5.32 Å². The molecule has 6 nitrogen and oxygen atoms in total. The van der Waals surface area contributed by atoms with Gasteiger partial charge in [0.1, 0.15) is 11.9 Å². The van der Waals surface area contributed by atoms with Crippen LogP contribution in [-0.2, 0) is 18.4 Å². The molecule has 0 saturated carbocycles. The Bertz CT molecular complexity index is 456. The van der Waals surface area contributed by atoms with Crippen LogP contribution >= 0.6 is 0 Å². The predicted octanol–water partition coefficient (Wildman–Crippen LogP) is 0.0607. The first-order valence-corrected chi connectivity index (χ1v) is 7.18. The number of nitrogens with one attached hydrogen (secondary N) is 1. The maximum absolute atomic E-state index is 12.2. The number of likely N-dealkylation sites (N-methyl/N-ethyl adjacent to an activating group) is 1. The monoisotopic (exact) mass is 279 g/mol. The summed E-state index contributed by atoms with van der Waals surface area (Å²) in [6.07, 6.45) is 3.74. The maximum Gasteiger partial charge on any atom is 0.238 e. The van der Waals surface area contributed by atoms with E-state index in [4.69, 9.17) is 0 Å². The number of amides is 1. The maximum atomic E-state index is 12.2. The summed E-state index contributed by atoms with van der Waals surface area (Å²) in [5, 5.41) is 2.78. The molecule has 1 N–H and O–H groups in total. The summed E-state index contributed by atoms with van der Waals surface area (Å²) in [4.78, 5) is 21.1. The topological polar surface area (TPSA) is 53.4 Å². The average Bonchev–Trinajstić information content (AvgIpc) is 2.83. The van der Waals surface area contributed by atoms with Crippen LogP contribution in [0.5, 0.6) is 0 Å². The van der Waals surface area contributed by atoms with Crippen LogP contribution in [0.4, 0.5) is 0 Å². The van der Waals surface area contributed by atoms with Crippen molar-refractivity contribution < 1.29 is 4.79 Å². The number of rotatable bonds is 4. The number of hydrogen-bond acceptors (Lipinski definition) is 4. The van der Waals surface area contributed by atoms with Crippen molar-refractivity contribution in [1.82, 2.24) is 24.7 Å². The fraction of sp³-hybridized carbons (Fsp3) is 0.714. The smallest absolute Gasteiger partial charge is 0.238 e. The molecule has 0 spiro atoms. The molecule has 1 atom stereocenters. The number of carbonyl (C=O) groups is 1. The molecule has 0 radical (unpaired) electrons. The number of aryl methyl sites for hydroxylation is 1. The SMILES string of the molecule is CNC(=O)C1CN(C(C)C)CCN1Cc1nccn1C. The highest BCUT2D eigenvalue weighted by atomic mass is 16.2. The molecule has 6 heteroatoms. The number of hydrogen-bond donors (Lipinski definition) is 1. The Balaban J connectivity index is 2.10. The van der Waals surface area contributed by atoms with Crippen LogP contribution in [0.25, 0.3) is 0 Å². The molecule has 0 aromatic carbocycles. The van der Waals surface area contributed by atoms with Crippen LogP contribution in [-0.4, -0.2) is 64.0 Å². The van der Waals surface area contributed by atoms with E-state index in [-0.39, 0.29) is 11.9 Å². The summed E-state index contributed by atoms with van der Waals surface area (Å²) >= 11 is 0. The van der Waals surface area contributed by atoms with Gasteiger partial charge in [-0.05, 0) is 13.8 Å². The van der Waals surface area contributed by atoms with Gasteiger partial charge in [-0.1, -0.05) is 0 Å². The van der Waals surface area contributed by atoms with Crippen LogP contribution in [0.1, 0.15) is 19.7 Å². The molecule has 112 valence electrons. The third-order valence-corrected chi connectivity index (χ3v) is 4.07. The van der Waals surface area contributed by atoms with Gasteiger partial charge in [0.15, 0.2) is 0 Å². The summed E-state index contributed by atoms with van der Waals surface area (Å²) in [7, 11) is 3.69. The number of piperazine rings is 1. The number of carbonyl (C=O) groups excluding carboxylic acids is 1. The number of nitrogens with zero attached hydrogens (tertiary/aromatic N) is 4. The molecule has 1 amide bonds. The van der Waals surface area contributed by atoms with E-state index in [2.05, 4.69) is 33.9 Å². The van der Waals surface area contributed by atoms with Gasteiger partial charge in [0.05, 0.1) is 6.54 Å². The van der Waals surface area contributed by atoms with Crippen molar-refractivity contribution in [3.8, 4) is 0 Å². The molecule has 1 saturated heterocycles. The average molecular weight is 279 g/mol. The first kappa shape index (κ1) is 15.0. The van der Waals surface area contributed by atoms with E-state index in [1.54, 1.807) is 13.2 Å². The van der Waals surface area contributed by atoms with E-state index in [0.717, 1.165) is 25.5 Å². The Morgan fingerprint density at radius 1 is 1.50 bits per heavy atom. The van der Waals surface area contributed by atoms with Gasteiger partial charge < -0.3 is 9.88 Å². The molecule has 1 aliphatic rings. The number of aromatic nitrogens is 2. The molecule has 1 aliphatic heterocycles. The third-order valence-electron chi connectivity index (χ3n) is 4.07. The summed E-state index contributed by atoms with van der Waals surface area (Å²) < 4.78 is 2.01. The molecule has 1 aromatic rings. The summed E-state index contributed by atoms with van der Waals surface area (Å²) in [6, 6.07) is 0.366. The Hall–Kier alpha value is -1.40. The van der Waals surface area contributed by atoms with Crippen molar-refractivity contribution in [3.63, 3.8) is 0 Å². The van der Waals surface area contributed by atoms with Crippen LogP contribution in [0.2, 0.25) is 0 Å². The van der Waals surface area contributed by atoms with Crippen molar-refractivity contribution in [2.24, 2.45) is 7.05 Å². The fourth-order valence-electron chi connectivity index (χ4n) is 2.65. The fourth-order valence-corrected chi connectivity index (χ4v) is 2.65. The lowest BCUT2D eigenvalue weighted by Gasteiger charge is -2.41. The highest BCUT2D eigenvalue weighted by molar-refractivity contribution is 5.81. The molecule has 1 fully saturated rings. The summed E-state index contributed by atoms with van der Waals surface area (Å²) in [6.45, 7) is 7.73. The third kappa shape index (κ3) is 3.19. The second-order valence-electron chi connectivity index (χ2n) is 5.64. The molecule has 0 aliphatic carbocycles. The van der Waals surface area contributed by atoms with Crippen molar-refractivity contribution in [2.75, 3.05) is 26.7 Å². The lowest BCUT2D eigenvalue weighted by atomic mass is 10.1. The lowest BCUT2D eigenvalue weighted by molar-refractivity contribution is -0.129. The molecule has 1 aromatic heterocycles. The second-order valence-corrected chi connectivity index (χ2v) is 5.64. The minimum Gasteiger partial charge on any atom is -0.358 e. The van der Waals surface area contributed by atoms with Gasteiger partial charge in [0.25, 0.3) is 0 Å². The van der Waals surface area contributed by atoms with Gasteiger partial charge in [-0.15, -0.1) is 0 Å². The predicted molar refractivity (Wildman–Crippen MR) is 78.2 cm³/mol. The zero-order valence-electron chi connectivity index (χ0n) is 12.8. The normalized spacial score (nSPS) is 21.4. The van der Waals surface area contributed by atoms with Crippen molar-refractivity contribution in [3.05, 3.63) is 18.2 Å². The van der Waals surface area contributed by atoms with E-state index in [9.17, 15) is 4.79 Å². The van der Waals surface area contributed by atoms with Gasteiger partial charge in [-0.2, -0.15) is 0 Å². The molecule has 2 rings (SSSR count). The lowest BCUT2D eigenvalue weighted by Crippen LogP contribution is -2.59. The van der Waals surface area contributed by atoms with Gasteiger partial charge in [-0.3, -0.25) is 14.6 Å². The number of imidazole rings is 1. The minimum absolute atomic E-state index is 0.0876. The minimum atomic E-state index is -0.104. The Morgan fingerprint density at radius 2 is 2.25 bits per heavy atom. The standard InChI is InChI=1S/C14H25N5O/c1-11(2)18-7-8-19(12(9-18)14(20)15-3)10-13-16-5-6-17(13)4/h5-6,11-12H,7-10H2,1-4H3,(H,15,20). The largest absolute Gasteiger partial charge is 0.358 e. The molecular weight excluding hydrogens is 254 g/mol. The van der Waals surface area contributed by atoms with Crippen molar-refractivity contribution in [2.45, 2.75) is 32.5 Å². The quantitative estimate of drug-likeness (QED) is 0.847. The highest BCUT2D eigenvalue weighted by Gasteiger charge is 2.33. The van der Waals surface area contributed by atoms with E-state index >= 15 is 0 Å². The zero-order chi connectivity index (χ0) is 14.7. The molecule has 0 bridgehead atoms. The van der Waals surface area contributed by atoms with Crippen molar-refractivity contribution >= 4 is 5.91 Å². The van der Waals surface area contributed by atoms with Crippen molar-refractivity contribution in [1.29, 1.82) is 0 Å². The Labute approximate surface area is 120 Å². The van der Waals surface area contributed by atoms with Crippen LogP contribution in [0.15, 0.2) is 12.4 Å². The first-order valence-electron chi connectivity index (χ1n) is 7.18. The van der Waals surface area contributed by atoms with Gasteiger partial charge in [-0.25, -0.2) is 4.98 Å².